The Kier molecular flexibility index (Phi) is 5.64. The van der Waals surface area contributed by atoms with Crippen LogP contribution in [-0.2, 0) is 4.79 Å². The lowest BCUT2D eigenvalue weighted by Gasteiger charge is -2.35. The van der Waals surface area contributed by atoms with Crippen LogP contribution in [0.15, 0.2) is 0 Å². The number of carbonyl (C=O) groups is 1. The number of hydrogen-bond donors (Lipinski definition) is 1. The van der Waals surface area contributed by atoms with Gasteiger partial charge >= 0.3 is 0 Å². The molecule has 2 fully saturated rings. The van der Waals surface area contributed by atoms with Gasteiger partial charge in [0.25, 0.3) is 0 Å². The van der Waals surface area contributed by atoms with E-state index >= 15 is 0 Å². The average molecular weight is 313 g/mol. The molecule has 2 aliphatic rings. The quantitative estimate of drug-likeness (QED) is 0.815. The fraction of sp³-hybridized carbons (Fsp3) is 0.941. The summed E-state index contributed by atoms with van der Waals surface area (Å²) >= 11 is 1.85. The van der Waals surface area contributed by atoms with Crippen molar-refractivity contribution >= 4 is 17.7 Å². The molecule has 2 rings (SSSR count). The standard InChI is InChI=1S/C17H32N2OS/c1-6-12(2)14-16(20)19(11-17(3,4)21-5)15(18-14)13-9-7-8-10-13/h12-15,18H,6-11H2,1-5H3. The third-order valence-electron chi connectivity index (χ3n) is 5.40. The zero-order valence-corrected chi connectivity index (χ0v) is 15.1. The molecule has 1 heterocycles. The summed E-state index contributed by atoms with van der Waals surface area (Å²) in [5.74, 6) is 1.41. The van der Waals surface area contributed by atoms with E-state index in [1.54, 1.807) is 0 Å². The highest BCUT2D eigenvalue weighted by atomic mass is 32.2. The molecule has 0 radical (unpaired) electrons. The van der Waals surface area contributed by atoms with Crippen molar-refractivity contribution in [2.45, 2.75) is 76.8 Å². The number of carbonyl (C=O) groups excluding carboxylic acids is 1. The van der Waals surface area contributed by atoms with Crippen LogP contribution in [0.1, 0.15) is 59.8 Å². The summed E-state index contributed by atoms with van der Waals surface area (Å²) in [7, 11) is 0. The molecule has 3 atom stereocenters. The Morgan fingerprint density at radius 3 is 2.52 bits per heavy atom. The van der Waals surface area contributed by atoms with Crippen LogP contribution in [0.2, 0.25) is 0 Å². The van der Waals surface area contributed by atoms with E-state index in [4.69, 9.17) is 0 Å². The Labute approximate surface area is 134 Å². The lowest BCUT2D eigenvalue weighted by molar-refractivity contribution is -0.131. The van der Waals surface area contributed by atoms with Gasteiger partial charge in [-0.2, -0.15) is 11.8 Å². The molecule has 4 heteroatoms. The Balaban J connectivity index is 2.16. The van der Waals surface area contributed by atoms with E-state index in [1.165, 1.54) is 25.7 Å². The van der Waals surface area contributed by atoms with Crippen LogP contribution in [0.5, 0.6) is 0 Å². The molecular formula is C17H32N2OS. The van der Waals surface area contributed by atoms with E-state index in [9.17, 15) is 4.79 Å². The number of nitrogens with one attached hydrogen (secondary N) is 1. The van der Waals surface area contributed by atoms with Crippen molar-refractivity contribution in [3.63, 3.8) is 0 Å². The highest BCUT2D eigenvalue weighted by Crippen LogP contribution is 2.35. The van der Waals surface area contributed by atoms with Crippen LogP contribution >= 0.6 is 11.8 Å². The summed E-state index contributed by atoms with van der Waals surface area (Å²) in [6, 6.07) is 0.0262. The van der Waals surface area contributed by atoms with Gasteiger partial charge in [0.2, 0.25) is 5.91 Å². The molecule has 0 aromatic heterocycles. The van der Waals surface area contributed by atoms with Gasteiger partial charge in [0.05, 0.1) is 12.2 Å². The first-order valence-electron chi connectivity index (χ1n) is 8.51. The number of amides is 1. The molecule has 0 bridgehead atoms. The molecule has 0 aromatic carbocycles. The molecule has 122 valence electrons. The van der Waals surface area contributed by atoms with Gasteiger partial charge in [-0.1, -0.05) is 33.1 Å². The molecule has 0 aromatic rings. The Bertz CT molecular complexity index is 366. The number of rotatable bonds is 6. The van der Waals surface area contributed by atoms with Crippen LogP contribution < -0.4 is 5.32 Å². The predicted molar refractivity (Wildman–Crippen MR) is 91.4 cm³/mol. The molecule has 1 amide bonds. The van der Waals surface area contributed by atoms with Gasteiger partial charge in [0.15, 0.2) is 0 Å². The fourth-order valence-electron chi connectivity index (χ4n) is 3.62. The SMILES string of the molecule is CCC(C)C1NC(C2CCCC2)N(CC(C)(C)SC)C1=O. The van der Waals surface area contributed by atoms with Crippen molar-refractivity contribution in [3.05, 3.63) is 0 Å². The molecule has 1 aliphatic carbocycles. The van der Waals surface area contributed by atoms with Gasteiger partial charge in [-0.15, -0.1) is 0 Å². The van der Waals surface area contributed by atoms with E-state index in [0.29, 0.717) is 17.7 Å². The van der Waals surface area contributed by atoms with Crippen molar-refractivity contribution < 1.29 is 4.79 Å². The van der Waals surface area contributed by atoms with E-state index in [1.807, 2.05) is 11.8 Å². The number of nitrogens with zero attached hydrogens (tertiary/aromatic N) is 1. The zero-order chi connectivity index (χ0) is 15.6. The molecule has 1 saturated heterocycles. The van der Waals surface area contributed by atoms with Crippen LogP contribution in [0.25, 0.3) is 0 Å². The summed E-state index contributed by atoms with van der Waals surface area (Å²) in [6.07, 6.45) is 8.66. The first-order valence-corrected chi connectivity index (χ1v) is 9.73. The largest absolute Gasteiger partial charge is 0.324 e. The minimum Gasteiger partial charge on any atom is -0.324 e. The van der Waals surface area contributed by atoms with Crippen molar-refractivity contribution in [1.82, 2.24) is 10.2 Å². The normalized spacial score (nSPS) is 29.4. The molecule has 0 spiro atoms. The fourth-order valence-corrected chi connectivity index (χ4v) is 3.89. The van der Waals surface area contributed by atoms with Crippen molar-refractivity contribution in [2.24, 2.45) is 11.8 Å². The van der Waals surface area contributed by atoms with E-state index < -0.39 is 0 Å². The lowest BCUT2D eigenvalue weighted by Crippen LogP contribution is -2.47. The highest BCUT2D eigenvalue weighted by molar-refractivity contribution is 7.99. The molecular weight excluding hydrogens is 280 g/mol. The summed E-state index contributed by atoms with van der Waals surface area (Å²) in [6.45, 7) is 9.72. The maximum Gasteiger partial charge on any atom is 0.241 e. The Hall–Kier alpha value is -0.220. The van der Waals surface area contributed by atoms with E-state index in [0.717, 1.165) is 13.0 Å². The highest BCUT2D eigenvalue weighted by Gasteiger charge is 2.46. The molecule has 1 saturated carbocycles. The molecule has 21 heavy (non-hydrogen) atoms. The first-order chi connectivity index (χ1) is 9.89. The topological polar surface area (TPSA) is 32.3 Å². The van der Waals surface area contributed by atoms with Crippen molar-refractivity contribution in [3.8, 4) is 0 Å². The van der Waals surface area contributed by atoms with Gasteiger partial charge < -0.3 is 4.90 Å². The van der Waals surface area contributed by atoms with Gasteiger partial charge in [0.1, 0.15) is 0 Å². The second kappa shape index (κ2) is 6.91. The molecule has 1 N–H and O–H groups in total. The van der Waals surface area contributed by atoms with Crippen LogP contribution in [0, 0.1) is 11.8 Å². The number of thioether (sulfide) groups is 1. The third kappa shape index (κ3) is 3.76. The van der Waals surface area contributed by atoms with Crippen LogP contribution in [0.3, 0.4) is 0 Å². The molecule has 1 aliphatic heterocycles. The van der Waals surface area contributed by atoms with Gasteiger partial charge in [0, 0.05) is 11.3 Å². The third-order valence-corrected chi connectivity index (χ3v) is 6.63. The summed E-state index contributed by atoms with van der Waals surface area (Å²) < 4.78 is 0.124. The van der Waals surface area contributed by atoms with Crippen molar-refractivity contribution in [2.75, 3.05) is 12.8 Å². The second-order valence-corrected chi connectivity index (χ2v) is 8.96. The Morgan fingerprint density at radius 2 is 2.00 bits per heavy atom. The summed E-state index contributed by atoms with van der Waals surface area (Å²) in [5, 5.41) is 3.70. The van der Waals surface area contributed by atoms with Gasteiger partial charge in [-0.3, -0.25) is 10.1 Å². The first kappa shape index (κ1) is 17.1. The van der Waals surface area contributed by atoms with E-state index in [-0.39, 0.29) is 17.0 Å². The maximum atomic E-state index is 12.9. The molecule has 3 unspecified atom stereocenters. The monoisotopic (exact) mass is 312 g/mol. The zero-order valence-electron chi connectivity index (χ0n) is 14.3. The summed E-state index contributed by atoms with van der Waals surface area (Å²) in [4.78, 5) is 15.1. The lowest BCUT2D eigenvalue weighted by atomic mass is 9.99. The predicted octanol–water partition coefficient (Wildman–Crippen LogP) is 3.49. The van der Waals surface area contributed by atoms with E-state index in [2.05, 4.69) is 44.2 Å². The van der Waals surface area contributed by atoms with Crippen molar-refractivity contribution in [1.29, 1.82) is 0 Å². The average Bonchev–Trinajstić information content (AvgIpc) is 3.08. The Morgan fingerprint density at radius 1 is 1.38 bits per heavy atom. The van der Waals surface area contributed by atoms with Crippen LogP contribution in [-0.4, -0.2) is 40.6 Å². The molecule has 3 nitrogen and oxygen atoms in total. The van der Waals surface area contributed by atoms with Crippen LogP contribution in [0.4, 0.5) is 0 Å². The number of hydrogen-bond acceptors (Lipinski definition) is 3. The second-order valence-electron chi connectivity index (χ2n) is 7.45. The maximum absolute atomic E-state index is 12.9. The smallest absolute Gasteiger partial charge is 0.241 e. The minimum absolute atomic E-state index is 0.0262. The van der Waals surface area contributed by atoms with Gasteiger partial charge in [-0.25, -0.2) is 0 Å². The summed E-state index contributed by atoms with van der Waals surface area (Å²) in [5.41, 5.74) is 0. The van der Waals surface area contributed by atoms with Gasteiger partial charge in [-0.05, 0) is 44.8 Å². The minimum atomic E-state index is 0.0262.